The van der Waals surface area contributed by atoms with E-state index >= 15 is 0 Å². The van der Waals surface area contributed by atoms with Crippen molar-refractivity contribution in [2.75, 3.05) is 38.0 Å². The van der Waals surface area contributed by atoms with Crippen LogP contribution >= 0.6 is 24.0 Å². The Bertz CT molecular complexity index is 1910. The van der Waals surface area contributed by atoms with Crippen molar-refractivity contribution in [2.24, 2.45) is 0 Å². The van der Waals surface area contributed by atoms with Gasteiger partial charge in [-0.05, 0) is 85.4 Å². The van der Waals surface area contributed by atoms with E-state index in [1.807, 2.05) is 4.90 Å². The Balaban J connectivity index is 0.00000562. The minimum atomic E-state index is -5.85. The number of carboxylic acids is 1. The number of anilines is 1. The molecule has 1 heterocycles. The first kappa shape index (κ1) is 39.5. The summed E-state index contributed by atoms with van der Waals surface area (Å²) in [4.78, 5) is 27.4. The smallest absolute Gasteiger partial charge is 0.480 e. The van der Waals surface area contributed by atoms with Gasteiger partial charge in [0.25, 0.3) is 0 Å². The molecule has 3 aromatic carbocycles. The lowest BCUT2D eigenvalue weighted by Crippen LogP contribution is -2.51. The molecular weight excluding hydrogens is 744 g/mol. The highest BCUT2D eigenvalue weighted by atomic mass is 35.5. The maximum atomic E-state index is 14.1. The number of hydrogen-bond acceptors (Lipinski definition) is 7. The molecule has 1 aliphatic heterocycles. The summed E-state index contributed by atoms with van der Waals surface area (Å²) in [5.41, 5.74) is -5.80. The molecule has 3 aromatic rings. The Morgan fingerprint density at radius 2 is 1.54 bits per heavy atom. The molecule has 2 atom stereocenters. The Kier molecular flexibility index (Phi) is 12.3. The largest absolute Gasteiger partial charge is 0.511 e. The standard InChI is InChI=1S/C32H34ClF3N4O7S2.ClH/c33-25-11-7-22(8-12-25)23-9-13-27(14-10-23)48(44,45)40(18-15-37-49(46,47)32(34,35)36)31(30(42)43)20-28(31)24-5-4-6-26(19-24)38-29(41)21-39-16-2-1-3-17-39;/h4-14,19,28,37H,1-3,15-18,20-21H2,(H,38,41)(H,42,43);1H. The molecule has 50 heavy (non-hydrogen) atoms. The third-order valence-corrected chi connectivity index (χ3v) is 12.1. The number of halogens is 5. The molecule has 0 radical (unpaired) electrons. The first-order chi connectivity index (χ1) is 23.0. The second kappa shape index (κ2) is 15.6. The van der Waals surface area contributed by atoms with Gasteiger partial charge < -0.3 is 10.4 Å². The molecule has 1 saturated heterocycles. The number of sulfonamides is 2. The maximum absolute atomic E-state index is 14.1. The van der Waals surface area contributed by atoms with Crippen molar-refractivity contribution in [1.82, 2.24) is 13.9 Å². The summed E-state index contributed by atoms with van der Waals surface area (Å²) < 4.78 is 92.7. The van der Waals surface area contributed by atoms with E-state index in [4.69, 9.17) is 11.6 Å². The number of rotatable bonds is 13. The number of likely N-dealkylation sites (tertiary alicyclic amines) is 1. The van der Waals surface area contributed by atoms with E-state index < -0.39 is 56.1 Å². The molecule has 0 spiro atoms. The normalized spacial score (nSPS) is 19.8. The van der Waals surface area contributed by atoms with Gasteiger partial charge in [-0.1, -0.05) is 54.4 Å². The molecule has 3 N–H and O–H groups in total. The van der Waals surface area contributed by atoms with Gasteiger partial charge >= 0.3 is 21.5 Å². The number of benzene rings is 3. The molecule has 2 aliphatic rings. The van der Waals surface area contributed by atoms with E-state index in [0.717, 1.165) is 32.4 Å². The van der Waals surface area contributed by atoms with Crippen LogP contribution in [0, 0.1) is 0 Å². The average Bonchev–Trinajstić information content (AvgIpc) is 3.80. The molecule has 2 unspecified atom stereocenters. The van der Waals surface area contributed by atoms with Crippen LogP contribution in [-0.2, 0) is 29.6 Å². The number of nitrogens with one attached hydrogen (secondary N) is 2. The Morgan fingerprint density at radius 1 is 0.940 bits per heavy atom. The lowest BCUT2D eigenvalue weighted by atomic mass is 10.0. The van der Waals surface area contributed by atoms with Crippen molar-refractivity contribution in [3.05, 3.63) is 83.4 Å². The second-order valence-electron chi connectivity index (χ2n) is 11.9. The van der Waals surface area contributed by atoms with Crippen molar-refractivity contribution in [3.63, 3.8) is 0 Å². The van der Waals surface area contributed by atoms with E-state index in [1.165, 1.54) is 35.1 Å². The van der Waals surface area contributed by atoms with Crippen LogP contribution in [0.1, 0.15) is 37.2 Å². The number of amides is 1. The fraction of sp³-hybridized carbons (Fsp3) is 0.375. The van der Waals surface area contributed by atoms with Gasteiger partial charge in [-0.15, -0.1) is 12.4 Å². The number of carbonyl (C=O) groups excluding carboxylic acids is 1. The summed E-state index contributed by atoms with van der Waals surface area (Å²) in [6, 6.07) is 18.4. The number of carbonyl (C=O) groups is 2. The third kappa shape index (κ3) is 8.61. The third-order valence-electron chi connectivity index (χ3n) is 8.67. The summed E-state index contributed by atoms with van der Waals surface area (Å²) in [6.07, 6.45) is 2.82. The van der Waals surface area contributed by atoms with Gasteiger partial charge in [-0.25, -0.2) is 21.6 Å². The molecule has 0 aromatic heterocycles. The van der Waals surface area contributed by atoms with Crippen LogP contribution in [0.25, 0.3) is 11.1 Å². The minimum absolute atomic E-state index is 0. The molecule has 1 saturated carbocycles. The van der Waals surface area contributed by atoms with Crippen molar-refractivity contribution < 1.29 is 44.7 Å². The van der Waals surface area contributed by atoms with E-state index in [9.17, 15) is 44.7 Å². The summed E-state index contributed by atoms with van der Waals surface area (Å²) >= 11 is 5.95. The van der Waals surface area contributed by atoms with Crippen molar-refractivity contribution >= 4 is 61.6 Å². The van der Waals surface area contributed by atoms with Crippen LogP contribution in [0.2, 0.25) is 5.02 Å². The Morgan fingerprint density at radius 3 is 2.12 bits per heavy atom. The van der Waals surface area contributed by atoms with E-state index in [-0.39, 0.29) is 36.2 Å². The first-order valence-electron chi connectivity index (χ1n) is 15.3. The first-order valence-corrected chi connectivity index (χ1v) is 18.6. The molecule has 11 nitrogen and oxygen atoms in total. The topological polar surface area (TPSA) is 153 Å². The monoisotopic (exact) mass is 778 g/mol. The molecule has 1 amide bonds. The Labute approximate surface area is 299 Å². The molecule has 2 fully saturated rings. The van der Waals surface area contributed by atoms with Crippen LogP contribution in [0.5, 0.6) is 0 Å². The van der Waals surface area contributed by atoms with Crippen molar-refractivity contribution in [1.29, 1.82) is 0 Å². The van der Waals surface area contributed by atoms with Gasteiger partial charge in [-0.3, -0.25) is 14.5 Å². The minimum Gasteiger partial charge on any atom is -0.480 e. The van der Waals surface area contributed by atoms with Gasteiger partial charge in [0, 0.05) is 29.7 Å². The number of hydrogen-bond donors (Lipinski definition) is 3. The van der Waals surface area contributed by atoms with E-state index in [1.54, 1.807) is 42.5 Å². The SMILES string of the molecule is Cl.O=C(CN1CCCCC1)Nc1cccc(C2CC2(C(=O)O)N(CCNS(=O)(=O)C(F)(F)F)S(=O)(=O)c2ccc(-c3ccc(Cl)cc3)cc2)c1. The molecule has 18 heteroatoms. The van der Waals surface area contributed by atoms with Crippen molar-refractivity contribution in [2.45, 2.75) is 47.5 Å². The highest BCUT2D eigenvalue weighted by Gasteiger charge is 2.68. The van der Waals surface area contributed by atoms with Crippen LogP contribution < -0.4 is 10.0 Å². The summed E-state index contributed by atoms with van der Waals surface area (Å²) in [6.45, 7) is -0.221. The van der Waals surface area contributed by atoms with Gasteiger partial charge in [0.2, 0.25) is 15.9 Å². The van der Waals surface area contributed by atoms with E-state index in [2.05, 4.69) is 5.32 Å². The predicted molar refractivity (Wildman–Crippen MR) is 184 cm³/mol. The number of alkyl halides is 3. The predicted octanol–water partition coefficient (Wildman–Crippen LogP) is 5.29. The average molecular weight is 780 g/mol. The van der Waals surface area contributed by atoms with Crippen LogP contribution in [0.3, 0.4) is 0 Å². The zero-order chi connectivity index (χ0) is 35.6. The number of aliphatic carboxylic acids is 1. The lowest BCUT2D eigenvalue weighted by molar-refractivity contribution is -0.143. The number of nitrogens with zero attached hydrogens (tertiary/aromatic N) is 2. The summed E-state index contributed by atoms with van der Waals surface area (Å²) in [5, 5.41) is 13.8. The van der Waals surface area contributed by atoms with Crippen LogP contribution in [-0.4, -0.2) is 86.8 Å². The zero-order valence-electron chi connectivity index (χ0n) is 26.4. The van der Waals surface area contributed by atoms with E-state index in [0.29, 0.717) is 31.7 Å². The number of piperidine rings is 1. The molecule has 5 rings (SSSR count). The van der Waals surface area contributed by atoms with Gasteiger partial charge in [0.05, 0.1) is 11.4 Å². The zero-order valence-corrected chi connectivity index (χ0v) is 29.6. The summed E-state index contributed by atoms with van der Waals surface area (Å²) in [5.74, 6) is -2.83. The molecule has 1 aliphatic carbocycles. The van der Waals surface area contributed by atoms with Gasteiger partial charge in [0.1, 0.15) is 5.54 Å². The van der Waals surface area contributed by atoms with Gasteiger partial charge in [-0.2, -0.15) is 17.5 Å². The highest BCUT2D eigenvalue weighted by Crippen LogP contribution is 2.57. The van der Waals surface area contributed by atoms with Crippen molar-refractivity contribution in [3.8, 4) is 11.1 Å². The molecular formula is C32H35Cl2F3N4O7S2. The summed E-state index contributed by atoms with van der Waals surface area (Å²) in [7, 11) is -10.6. The fourth-order valence-electron chi connectivity index (χ4n) is 6.11. The van der Waals surface area contributed by atoms with Crippen LogP contribution in [0.4, 0.5) is 18.9 Å². The molecule has 272 valence electrons. The second-order valence-corrected chi connectivity index (χ2v) is 16.0. The quantitative estimate of drug-likeness (QED) is 0.212. The lowest BCUT2D eigenvalue weighted by Gasteiger charge is -2.30. The molecule has 0 bridgehead atoms. The Hall–Kier alpha value is -3.25. The van der Waals surface area contributed by atoms with Gasteiger partial charge in [0.15, 0.2) is 0 Å². The van der Waals surface area contributed by atoms with Crippen LogP contribution in [0.15, 0.2) is 77.7 Å². The fourth-order valence-corrected chi connectivity index (χ4v) is 8.53. The number of carboxylic acid groups (broad SMARTS) is 1. The maximum Gasteiger partial charge on any atom is 0.511 e. The highest BCUT2D eigenvalue weighted by molar-refractivity contribution is 7.90.